The Morgan fingerprint density at radius 1 is 0.944 bits per heavy atom. The van der Waals surface area contributed by atoms with Gasteiger partial charge in [-0.05, 0) is 35.2 Å². The van der Waals surface area contributed by atoms with Crippen LogP contribution < -0.4 is 4.74 Å². The van der Waals surface area contributed by atoms with Gasteiger partial charge < -0.3 is 4.74 Å². The maximum atomic E-state index is 5.78. The molecule has 0 aromatic heterocycles. The lowest BCUT2D eigenvalue weighted by Gasteiger charge is -2.07. The van der Waals surface area contributed by atoms with Crippen molar-refractivity contribution in [1.29, 1.82) is 0 Å². The van der Waals surface area contributed by atoms with Crippen LogP contribution in [0.15, 0.2) is 48.5 Å². The lowest BCUT2D eigenvalue weighted by Crippen LogP contribution is -1.96. The van der Waals surface area contributed by atoms with Crippen molar-refractivity contribution in [2.75, 3.05) is 0 Å². The van der Waals surface area contributed by atoms with Crippen LogP contribution in [0.3, 0.4) is 0 Å². The molecule has 0 unspecified atom stereocenters. The van der Waals surface area contributed by atoms with Crippen LogP contribution in [0.25, 0.3) is 0 Å². The van der Waals surface area contributed by atoms with E-state index in [1.165, 1.54) is 16.7 Å². The van der Waals surface area contributed by atoms with E-state index < -0.39 is 0 Å². The second kappa shape index (κ2) is 6.60. The summed E-state index contributed by atoms with van der Waals surface area (Å²) in [5.74, 6) is 0.927. The topological polar surface area (TPSA) is 9.23 Å². The van der Waals surface area contributed by atoms with Gasteiger partial charge in [-0.2, -0.15) is 0 Å². The molecule has 1 nitrogen and oxygen atoms in total. The minimum Gasteiger partial charge on any atom is -0.489 e. The average molecular weight is 305 g/mol. The number of benzene rings is 2. The Morgan fingerprint density at radius 2 is 1.67 bits per heavy atom. The van der Waals surface area contributed by atoms with Crippen molar-refractivity contribution in [3.63, 3.8) is 0 Å². The molecule has 18 heavy (non-hydrogen) atoms. The number of ether oxygens (including phenoxy) is 1. The smallest absolute Gasteiger partial charge is 0.119 e. The standard InChI is InChI=1S/C16H17BrO/c1-2-13-6-8-16(9-7-13)18-12-15-5-3-4-14(10-15)11-17/h3-10H,2,11-12H2,1H3. The van der Waals surface area contributed by atoms with E-state index >= 15 is 0 Å². The number of hydrogen-bond donors (Lipinski definition) is 0. The fraction of sp³-hybridized carbons (Fsp3) is 0.250. The van der Waals surface area contributed by atoms with E-state index in [0.717, 1.165) is 17.5 Å². The molecule has 0 bridgehead atoms. The third kappa shape index (κ3) is 3.61. The zero-order valence-electron chi connectivity index (χ0n) is 10.5. The Labute approximate surface area is 117 Å². The van der Waals surface area contributed by atoms with Crippen LogP contribution >= 0.6 is 15.9 Å². The summed E-state index contributed by atoms with van der Waals surface area (Å²) in [6.07, 6.45) is 1.06. The Kier molecular flexibility index (Phi) is 4.82. The van der Waals surface area contributed by atoms with Crippen molar-refractivity contribution >= 4 is 15.9 Å². The second-order valence-electron chi connectivity index (χ2n) is 4.24. The quantitative estimate of drug-likeness (QED) is 0.726. The molecule has 2 rings (SSSR count). The van der Waals surface area contributed by atoms with E-state index in [1.807, 2.05) is 12.1 Å². The van der Waals surface area contributed by atoms with Gasteiger partial charge in [0.25, 0.3) is 0 Å². The summed E-state index contributed by atoms with van der Waals surface area (Å²) >= 11 is 3.46. The summed E-state index contributed by atoms with van der Waals surface area (Å²) in [6, 6.07) is 16.7. The fourth-order valence-corrected chi connectivity index (χ4v) is 2.14. The van der Waals surface area contributed by atoms with Crippen molar-refractivity contribution < 1.29 is 4.74 Å². The second-order valence-corrected chi connectivity index (χ2v) is 4.80. The molecule has 0 heterocycles. The van der Waals surface area contributed by atoms with Gasteiger partial charge >= 0.3 is 0 Å². The molecule has 0 saturated carbocycles. The molecule has 2 heteroatoms. The summed E-state index contributed by atoms with van der Waals surface area (Å²) in [7, 11) is 0. The van der Waals surface area contributed by atoms with Gasteiger partial charge in [-0.3, -0.25) is 0 Å². The minimum absolute atomic E-state index is 0.617. The van der Waals surface area contributed by atoms with Crippen molar-refractivity contribution in [2.45, 2.75) is 25.3 Å². The Bertz CT molecular complexity index is 491. The first-order chi connectivity index (χ1) is 8.81. The van der Waals surface area contributed by atoms with Gasteiger partial charge in [-0.25, -0.2) is 0 Å². The summed E-state index contributed by atoms with van der Waals surface area (Å²) in [6.45, 7) is 2.77. The van der Waals surface area contributed by atoms with Crippen LogP contribution in [0.2, 0.25) is 0 Å². The molecule has 0 aliphatic rings. The predicted molar refractivity (Wildman–Crippen MR) is 79.2 cm³/mol. The third-order valence-corrected chi connectivity index (χ3v) is 3.53. The lowest BCUT2D eigenvalue weighted by molar-refractivity contribution is 0.306. The Balaban J connectivity index is 1.97. The molecule has 0 fully saturated rings. The van der Waals surface area contributed by atoms with E-state index in [1.54, 1.807) is 0 Å². The maximum Gasteiger partial charge on any atom is 0.119 e. The van der Waals surface area contributed by atoms with Gasteiger partial charge in [0.15, 0.2) is 0 Å². The molecular formula is C16H17BrO. The first kappa shape index (κ1) is 13.2. The third-order valence-electron chi connectivity index (χ3n) is 2.88. The van der Waals surface area contributed by atoms with Crippen LogP contribution in [0, 0.1) is 0 Å². The van der Waals surface area contributed by atoms with Crippen molar-refractivity contribution in [2.24, 2.45) is 0 Å². The maximum absolute atomic E-state index is 5.78. The molecule has 0 aliphatic heterocycles. The summed E-state index contributed by atoms with van der Waals surface area (Å²) in [5.41, 5.74) is 3.81. The number of hydrogen-bond acceptors (Lipinski definition) is 1. The molecule has 0 radical (unpaired) electrons. The van der Waals surface area contributed by atoms with Gasteiger partial charge in [0.05, 0.1) is 0 Å². The first-order valence-electron chi connectivity index (χ1n) is 6.17. The average Bonchev–Trinajstić information content (AvgIpc) is 2.46. The van der Waals surface area contributed by atoms with Gasteiger partial charge in [-0.1, -0.05) is 59.3 Å². The summed E-state index contributed by atoms with van der Waals surface area (Å²) < 4.78 is 5.78. The molecular weight excluding hydrogens is 288 g/mol. The fourth-order valence-electron chi connectivity index (χ4n) is 1.79. The number of rotatable bonds is 5. The van der Waals surface area contributed by atoms with Crippen LogP contribution in [0.4, 0.5) is 0 Å². The van der Waals surface area contributed by atoms with Crippen molar-refractivity contribution in [3.8, 4) is 5.75 Å². The van der Waals surface area contributed by atoms with Crippen LogP contribution in [-0.2, 0) is 18.4 Å². The SMILES string of the molecule is CCc1ccc(OCc2cccc(CBr)c2)cc1. The van der Waals surface area contributed by atoms with E-state index in [0.29, 0.717) is 6.61 Å². The molecule has 0 amide bonds. The molecule has 0 N–H and O–H groups in total. The summed E-state index contributed by atoms with van der Waals surface area (Å²) in [4.78, 5) is 0. The minimum atomic E-state index is 0.617. The molecule has 2 aromatic carbocycles. The number of alkyl halides is 1. The van der Waals surface area contributed by atoms with Gasteiger partial charge in [0, 0.05) is 5.33 Å². The highest BCUT2D eigenvalue weighted by molar-refractivity contribution is 9.08. The number of halogens is 1. The zero-order chi connectivity index (χ0) is 12.8. The monoisotopic (exact) mass is 304 g/mol. The zero-order valence-corrected chi connectivity index (χ0v) is 12.1. The van der Waals surface area contributed by atoms with Gasteiger partial charge in [-0.15, -0.1) is 0 Å². The molecule has 0 saturated heterocycles. The highest BCUT2D eigenvalue weighted by Crippen LogP contribution is 2.15. The highest BCUT2D eigenvalue weighted by Gasteiger charge is 1.98. The van der Waals surface area contributed by atoms with E-state index in [-0.39, 0.29) is 0 Å². The van der Waals surface area contributed by atoms with E-state index in [4.69, 9.17) is 4.74 Å². The van der Waals surface area contributed by atoms with Crippen LogP contribution in [0.1, 0.15) is 23.6 Å². The van der Waals surface area contributed by atoms with Gasteiger partial charge in [0.2, 0.25) is 0 Å². The Morgan fingerprint density at radius 3 is 2.33 bits per heavy atom. The van der Waals surface area contributed by atoms with Crippen LogP contribution in [0.5, 0.6) is 5.75 Å². The first-order valence-corrected chi connectivity index (χ1v) is 7.29. The van der Waals surface area contributed by atoms with Gasteiger partial charge in [0.1, 0.15) is 12.4 Å². The Hall–Kier alpha value is -1.28. The predicted octanol–water partition coefficient (Wildman–Crippen LogP) is 4.72. The van der Waals surface area contributed by atoms with Crippen LogP contribution in [-0.4, -0.2) is 0 Å². The molecule has 0 atom stereocenters. The normalized spacial score (nSPS) is 10.3. The van der Waals surface area contributed by atoms with E-state index in [2.05, 4.69) is 59.3 Å². The molecule has 94 valence electrons. The largest absolute Gasteiger partial charge is 0.489 e. The molecule has 2 aromatic rings. The number of aryl methyl sites for hydroxylation is 1. The van der Waals surface area contributed by atoms with Crippen molar-refractivity contribution in [1.82, 2.24) is 0 Å². The lowest BCUT2D eigenvalue weighted by atomic mass is 10.1. The van der Waals surface area contributed by atoms with E-state index in [9.17, 15) is 0 Å². The molecule has 0 aliphatic carbocycles. The van der Waals surface area contributed by atoms with Crippen molar-refractivity contribution in [3.05, 3.63) is 65.2 Å². The highest BCUT2D eigenvalue weighted by atomic mass is 79.9. The summed E-state index contributed by atoms with van der Waals surface area (Å²) in [5, 5.41) is 0.881. The molecule has 0 spiro atoms.